The molecule has 0 fully saturated rings. The predicted molar refractivity (Wildman–Crippen MR) is 114 cm³/mol. The summed E-state index contributed by atoms with van der Waals surface area (Å²) in [5, 5.41) is 26.1. The lowest BCUT2D eigenvalue weighted by Crippen LogP contribution is -2.01. The first-order valence-corrected chi connectivity index (χ1v) is 9.34. The van der Waals surface area contributed by atoms with Gasteiger partial charge in [-0.15, -0.1) is 0 Å². The quantitative estimate of drug-likeness (QED) is 0.390. The fourth-order valence-electron chi connectivity index (χ4n) is 3.25. The minimum atomic E-state index is -0.213. The summed E-state index contributed by atoms with van der Waals surface area (Å²) in [6.07, 6.45) is 3.09. The number of ketones is 1. The number of aryl methyl sites for hydroxylation is 1. The van der Waals surface area contributed by atoms with E-state index in [0.717, 1.165) is 11.1 Å². The number of aromatic amines is 1. The number of aromatic nitrogens is 2. The average molecular weight is 408 g/mol. The van der Waals surface area contributed by atoms with E-state index in [4.69, 9.17) is 9.47 Å². The first-order chi connectivity index (χ1) is 14.5. The van der Waals surface area contributed by atoms with Gasteiger partial charge in [0.25, 0.3) is 0 Å². The van der Waals surface area contributed by atoms with Gasteiger partial charge in [0.05, 0.1) is 38.8 Å². The van der Waals surface area contributed by atoms with Gasteiger partial charge in [0, 0.05) is 16.7 Å². The molecule has 0 aliphatic rings. The van der Waals surface area contributed by atoms with Crippen molar-refractivity contribution < 1.29 is 24.5 Å². The van der Waals surface area contributed by atoms with Gasteiger partial charge in [-0.1, -0.05) is 0 Å². The smallest absolute Gasteiger partial charge is 0.185 e. The van der Waals surface area contributed by atoms with Crippen molar-refractivity contribution in [3.8, 4) is 22.8 Å². The van der Waals surface area contributed by atoms with Crippen LogP contribution < -0.4 is 9.47 Å². The highest BCUT2D eigenvalue weighted by Gasteiger charge is 2.12. The van der Waals surface area contributed by atoms with Crippen LogP contribution in [0, 0.1) is 6.92 Å². The number of carbonyl (C=O) groups excluding carboxylic acids is 1. The average Bonchev–Trinajstić information content (AvgIpc) is 3.25. The van der Waals surface area contributed by atoms with Crippen LogP contribution in [0.3, 0.4) is 0 Å². The molecular weight excluding hydrogens is 384 g/mol. The van der Waals surface area contributed by atoms with Crippen LogP contribution in [0.1, 0.15) is 32.7 Å². The van der Waals surface area contributed by atoms with Crippen LogP contribution in [0.5, 0.6) is 11.5 Å². The second kappa shape index (κ2) is 9.39. The van der Waals surface area contributed by atoms with Crippen LogP contribution in [0.25, 0.3) is 17.3 Å². The number of nitrogens with one attached hydrogen (secondary N) is 1. The molecule has 0 spiro atoms. The third-order valence-corrected chi connectivity index (χ3v) is 4.70. The summed E-state index contributed by atoms with van der Waals surface area (Å²) in [5.74, 6) is 1.01. The monoisotopic (exact) mass is 408 g/mol. The minimum absolute atomic E-state index is 0.104. The van der Waals surface area contributed by atoms with Gasteiger partial charge in [0.15, 0.2) is 5.78 Å². The molecule has 0 aliphatic heterocycles. The van der Waals surface area contributed by atoms with Crippen LogP contribution >= 0.6 is 0 Å². The molecule has 0 aliphatic carbocycles. The molecule has 0 saturated carbocycles. The van der Waals surface area contributed by atoms with E-state index < -0.39 is 0 Å². The molecule has 156 valence electrons. The Kier molecular flexibility index (Phi) is 6.66. The van der Waals surface area contributed by atoms with E-state index in [0.29, 0.717) is 39.6 Å². The Bertz CT molecular complexity index is 1060. The maximum absolute atomic E-state index is 12.6. The molecule has 3 aromatic rings. The molecule has 3 N–H and O–H groups in total. The number of hydrogen-bond acceptors (Lipinski definition) is 6. The van der Waals surface area contributed by atoms with Crippen LogP contribution in [0.4, 0.5) is 0 Å². The molecule has 0 amide bonds. The number of H-pyrrole nitrogens is 1. The lowest BCUT2D eigenvalue weighted by molar-refractivity contribution is 0.104. The number of aliphatic hydroxyl groups excluding tert-OH is 2. The first-order valence-electron chi connectivity index (χ1n) is 9.34. The fourth-order valence-corrected chi connectivity index (χ4v) is 3.25. The second-order valence-electron chi connectivity index (χ2n) is 6.78. The molecule has 3 rings (SSSR count). The largest absolute Gasteiger partial charge is 0.497 e. The van der Waals surface area contributed by atoms with Crippen LogP contribution in [-0.4, -0.2) is 40.4 Å². The number of hydrogen-bond donors (Lipinski definition) is 3. The van der Waals surface area contributed by atoms with Gasteiger partial charge in [-0.05, 0) is 66.6 Å². The molecule has 0 saturated heterocycles. The van der Waals surface area contributed by atoms with Gasteiger partial charge in [0.1, 0.15) is 11.5 Å². The van der Waals surface area contributed by atoms with E-state index in [-0.39, 0.29) is 19.0 Å². The molecule has 7 heteroatoms. The Balaban J connectivity index is 1.82. The Morgan fingerprint density at radius 3 is 2.53 bits per heavy atom. The number of carbonyl (C=O) groups is 1. The summed E-state index contributed by atoms with van der Waals surface area (Å²) in [4.78, 5) is 12.6. The zero-order valence-electron chi connectivity index (χ0n) is 17.1. The number of ether oxygens (including phenoxy) is 2. The summed E-state index contributed by atoms with van der Waals surface area (Å²) in [5.41, 5.74) is 4.64. The van der Waals surface area contributed by atoms with Gasteiger partial charge in [-0.2, -0.15) is 5.10 Å². The first kappa shape index (κ1) is 21.3. The summed E-state index contributed by atoms with van der Waals surface area (Å²) in [7, 11) is 3.10. The topological polar surface area (TPSA) is 105 Å². The van der Waals surface area contributed by atoms with Crippen molar-refractivity contribution in [3.05, 3.63) is 70.4 Å². The molecule has 1 aromatic heterocycles. The molecule has 0 unspecified atom stereocenters. The summed E-state index contributed by atoms with van der Waals surface area (Å²) in [6.45, 7) is 1.51. The van der Waals surface area contributed by atoms with E-state index in [2.05, 4.69) is 10.2 Å². The molecule has 0 radical (unpaired) electrons. The molecule has 7 nitrogen and oxygen atoms in total. The predicted octanol–water partition coefficient (Wildman–Crippen LogP) is 3.28. The van der Waals surface area contributed by atoms with Crippen molar-refractivity contribution in [1.29, 1.82) is 0 Å². The number of aliphatic hydroxyl groups is 2. The van der Waals surface area contributed by atoms with E-state index in [1.807, 2.05) is 19.1 Å². The number of rotatable bonds is 8. The summed E-state index contributed by atoms with van der Waals surface area (Å²) in [6, 6.07) is 10.6. The van der Waals surface area contributed by atoms with Crippen LogP contribution in [0.2, 0.25) is 0 Å². The van der Waals surface area contributed by atoms with E-state index in [1.54, 1.807) is 37.5 Å². The molecule has 30 heavy (non-hydrogen) atoms. The maximum atomic E-state index is 12.6. The highest BCUT2D eigenvalue weighted by atomic mass is 16.5. The van der Waals surface area contributed by atoms with Crippen LogP contribution in [0.15, 0.2) is 42.5 Å². The maximum Gasteiger partial charge on any atom is 0.185 e. The number of allylic oxidation sites excluding steroid dienone is 1. The summed E-state index contributed by atoms with van der Waals surface area (Å²) >= 11 is 0. The van der Waals surface area contributed by atoms with E-state index in [1.165, 1.54) is 13.2 Å². The zero-order chi connectivity index (χ0) is 21.7. The fraction of sp³-hybridized carbons (Fsp3) is 0.217. The highest BCUT2D eigenvalue weighted by molar-refractivity contribution is 6.07. The van der Waals surface area contributed by atoms with Crippen molar-refractivity contribution in [3.63, 3.8) is 0 Å². The lowest BCUT2D eigenvalue weighted by Gasteiger charge is -2.11. The Morgan fingerprint density at radius 1 is 1.07 bits per heavy atom. The van der Waals surface area contributed by atoms with Crippen molar-refractivity contribution in [2.24, 2.45) is 0 Å². The van der Waals surface area contributed by atoms with Crippen molar-refractivity contribution in [2.75, 3.05) is 14.2 Å². The molecule has 2 aromatic carbocycles. The lowest BCUT2D eigenvalue weighted by atomic mass is 10.0. The molecular formula is C23H24N2O5. The Labute approximate surface area is 174 Å². The minimum Gasteiger partial charge on any atom is -0.497 e. The number of nitrogens with zero attached hydrogens (tertiary/aromatic N) is 1. The van der Waals surface area contributed by atoms with Crippen molar-refractivity contribution >= 4 is 11.9 Å². The zero-order valence-corrected chi connectivity index (χ0v) is 17.1. The third-order valence-electron chi connectivity index (χ3n) is 4.70. The summed E-state index contributed by atoms with van der Waals surface area (Å²) < 4.78 is 10.5. The molecule has 0 atom stereocenters. The highest BCUT2D eigenvalue weighted by Crippen LogP contribution is 2.27. The van der Waals surface area contributed by atoms with Crippen molar-refractivity contribution in [2.45, 2.75) is 20.1 Å². The van der Waals surface area contributed by atoms with Crippen LogP contribution in [-0.2, 0) is 13.2 Å². The van der Waals surface area contributed by atoms with Gasteiger partial charge < -0.3 is 19.7 Å². The second-order valence-corrected chi connectivity index (χ2v) is 6.78. The number of methoxy groups -OCH3 is 2. The SMILES string of the molecule is COc1cc(CO)cc(-c2cc(/C=C/C(=O)c3cc(C)c(OC)c(CO)c3)[nH]n2)c1. The third kappa shape index (κ3) is 4.59. The Morgan fingerprint density at radius 2 is 1.87 bits per heavy atom. The number of benzene rings is 2. The van der Waals surface area contributed by atoms with E-state index in [9.17, 15) is 15.0 Å². The standard InChI is InChI=1S/C23H24N2O5/c1-14-6-17(9-18(13-27)23(14)30-3)22(28)5-4-19-11-21(25-24-19)16-7-15(12-26)8-20(10-16)29-2/h4-11,26-27H,12-13H2,1-3H3,(H,24,25)/b5-4+. The van der Waals surface area contributed by atoms with Crippen molar-refractivity contribution in [1.82, 2.24) is 10.2 Å². The van der Waals surface area contributed by atoms with Gasteiger partial charge in [0.2, 0.25) is 0 Å². The van der Waals surface area contributed by atoms with Gasteiger partial charge >= 0.3 is 0 Å². The van der Waals surface area contributed by atoms with E-state index >= 15 is 0 Å². The Hall–Kier alpha value is -3.42. The van der Waals surface area contributed by atoms with Gasteiger partial charge in [-0.25, -0.2) is 0 Å². The molecule has 0 bridgehead atoms. The van der Waals surface area contributed by atoms with Gasteiger partial charge in [-0.3, -0.25) is 9.89 Å². The molecule has 1 heterocycles. The normalized spacial score (nSPS) is 11.1.